The molecule has 7 nitrogen and oxygen atoms in total. The number of nitrogens with one attached hydrogen (secondary N) is 1. The third kappa shape index (κ3) is 5.38. The molecule has 1 heterocycles. The molecule has 30 heavy (non-hydrogen) atoms. The maximum Gasteiger partial charge on any atom is 0.262 e. The summed E-state index contributed by atoms with van der Waals surface area (Å²) in [4.78, 5) is 12.5. The van der Waals surface area contributed by atoms with E-state index in [1.54, 1.807) is 12.1 Å². The van der Waals surface area contributed by atoms with Crippen LogP contribution in [-0.2, 0) is 19.6 Å². The Balaban J connectivity index is 1.59. The summed E-state index contributed by atoms with van der Waals surface area (Å²) in [5.74, 6) is 0.733. The number of morpholine rings is 1. The van der Waals surface area contributed by atoms with Gasteiger partial charge in [-0.15, -0.1) is 0 Å². The Morgan fingerprint density at radius 1 is 1.13 bits per heavy atom. The minimum atomic E-state index is -3.55. The number of carbonyl (C=O) groups excluding carboxylic acids is 1. The first-order valence-electron chi connectivity index (χ1n) is 10.1. The van der Waals surface area contributed by atoms with Gasteiger partial charge in [0.05, 0.1) is 18.1 Å². The van der Waals surface area contributed by atoms with Crippen LogP contribution in [-0.4, -0.2) is 51.5 Å². The number of benzene rings is 2. The molecule has 0 aromatic heterocycles. The number of hydrogen-bond donors (Lipinski definition) is 1. The van der Waals surface area contributed by atoms with Crippen LogP contribution < -0.4 is 10.1 Å². The minimum Gasteiger partial charge on any atom is -0.483 e. The molecule has 0 spiro atoms. The first-order chi connectivity index (χ1) is 14.4. The van der Waals surface area contributed by atoms with Crippen LogP contribution in [0.5, 0.6) is 5.75 Å². The Bertz CT molecular complexity index is 954. The van der Waals surface area contributed by atoms with E-state index in [1.807, 2.05) is 24.3 Å². The third-order valence-corrected chi connectivity index (χ3v) is 7.08. The molecule has 0 unspecified atom stereocenters. The number of ether oxygens (including phenoxy) is 2. The maximum atomic E-state index is 12.7. The maximum absolute atomic E-state index is 12.7. The fraction of sp³-hybridized carbons (Fsp3) is 0.409. The molecule has 3 rings (SSSR count). The summed E-state index contributed by atoms with van der Waals surface area (Å²) in [5.41, 5.74) is 1.59. The average molecular weight is 433 g/mol. The van der Waals surface area contributed by atoms with E-state index in [-0.39, 0.29) is 17.4 Å². The molecule has 1 atom stereocenters. The van der Waals surface area contributed by atoms with E-state index in [0.29, 0.717) is 43.7 Å². The quantitative estimate of drug-likeness (QED) is 0.692. The molecule has 1 amide bonds. The molecule has 2 aromatic carbocycles. The van der Waals surface area contributed by atoms with Gasteiger partial charge in [-0.1, -0.05) is 32.0 Å². The average Bonchev–Trinajstić information content (AvgIpc) is 2.78. The first kappa shape index (κ1) is 22.3. The lowest BCUT2D eigenvalue weighted by Crippen LogP contribution is -2.40. The number of amides is 1. The highest BCUT2D eigenvalue weighted by Gasteiger charge is 2.26. The van der Waals surface area contributed by atoms with Crippen LogP contribution in [0.4, 0.5) is 5.69 Å². The Labute approximate surface area is 178 Å². The number of anilines is 1. The van der Waals surface area contributed by atoms with E-state index in [1.165, 1.54) is 16.4 Å². The van der Waals surface area contributed by atoms with Crippen molar-refractivity contribution in [3.63, 3.8) is 0 Å². The van der Waals surface area contributed by atoms with Gasteiger partial charge in [0.2, 0.25) is 10.0 Å². The van der Waals surface area contributed by atoms with Gasteiger partial charge < -0.3 is 14.8 Å². The van der Waals surface area contributed by atoms with Crippen LogP contribution in [0, 0.1) is 0 Å². The van der Waals surface area contributed by atoms with Gasteiger partial charge in [-0.3, -0.25) is 4.79 Å². The van der Waals surface area contributed by atoms with Crippen molar-refractivity contribution >= 4 is 21.6 Å². The highest BCUT2D eigenvalue weighted by molar-refractivity contribution is 7.89. The summed E-state index contributed by atoms with van der Waals surface area (Å²) >= 11 is 0. The van der Waals surface area contributed by atoms with E-state index in [4.69, 9.17) is 9.47 Å². The molecule has 8 heteroatoms. The van der Waals surface area contributed by atoms with Crippen LogP contribution in [0.1, 0.15) is 31.7 Å². The third-order valence-electron chi connectivity index (χ3n) is 5.17. The lowest BCUT2D eigenvalue weighted by molar-refractivity contribution is -0.118. The van der Waals surface area contributed by atoms with E-state index < -0.39 is 10.0 Å². The van der Waals surface area contributed by atoms with Crippen molar-refractivity contribution in [2.75, 3.05) is 38.2 Å². The molecule has 1 aliphatic rings. The summed E-state index contributed by atoms with van der Waals surface area (Å²) in [6.45, 7) is 5.58. The second-order valence-corrected chi connectivity index (χ2v) is 9.16. The molecule has 0 radical (unpaired) electrons. The predicted molar refractivity (Wildman–Crippen MR) is 115 cm³/mol. The summed E-state index contributed by atoms with van der Waals surface area (Å²) < 4.78 is 37.7. The molecule has 0 bridgehead atoms. The van der Waals surface area contributed by atoms with E-state index in [9.17, 15) is 13.2 Å². The molecular formula is C22H28N2O5S. The molecule has 2 aromatic rings. The normalized spacial score (nSPS) is 16.1. The Hall–Kier alpha value is -2.42. The van der Waals surface area contributed by atoms with Gasteiger partial charge in [0.15, 0.2) is 6.61 Å². The predicted octanol–water partition coefficient (Wildman–Crippen LogP) is 3.24. The number of nitrogens with zero attached hydrogens (tertiary/aromatic N) is 1. The fourth-order valence-corrected chi connectivity index (χ4v) is 4.63. The second kappa shape index (κ2) is 10.1. The summed E-state index contributed by atoms with van der Waals surface area (Å²) in [6.07, 6.45) is 0.978. The molecular weight excluding hydrogens is 404 g/mol. The lowest BCUT2D eigenvalue weighted by Gasteiger charge is -2.26. The molecule has 1 fully saturated rings. The van der Waals surface area contributed by atoms with Crippen LogP contribution in [0.25, 0.3) is 0 Å². The van der Waals surface area contributed by atoms with Crippen LogP contribution in [0.15, 0.2) is 53.4 Å². The molecule has 1 saturated heterocycles. The Kier molecular flexibility index (Phi) is 7.47. The van der Waals surface area contributed by atoms with Gasteiger partial charge in [0.25, 0.3) is 5.91 Å². The van der Waals surface area contributed by atoms with Crippen molar-refractivity contribution in [1.29, 1.82) is 0 Å². The summed E-state index contributed by atoms with van der Waals surface area (Å²) in [5, 5.41) is 2.74. The van der Waals surface area contributed by atoms with E-state index in [2.05, 4.69) is 19.2 Å². The fourth-order valence-electron chi connectivity index (χ4n) is 3.23. The van der Waals surface area contributed by atoms with Gasteiger partial charge in [-0.25, -0.2) is 8.42 Å². The number of para-hydroxylation sites is 1. The SMILES string of the molecule is CC[C@@H](C)c1ccccc1OCC(=O)Nc1ccc(S(=O)(=O)N2CCOCC2)cc1. The Morgan fingerprint density at radius 2 is 1.80 bits per heavy atom. The first-order valence-corrected chi connectivity index (χ1v) is 11.6. The van der Waals surface area contributed by atoms with Gasteiger partial charge in [0.1, 0.15) is 5.75 Å². The monoisotopic (exact) mass is 432 g/mol. The van der Waals surface area contributed by atoms with Crippen molar-refractivity contribution in [2.45, 2.75) is 31.1 Å². The molecule has 1 N–H and O–H groups in total. The zero-order chi connectivity index (χ0) is 21.6. The minimum absolute atomic E-state index is 0.124. The number of sulfonamides is 1. The van der Waals surface area contributed by atoms with E-state index in [0.717, 1.165) is 12.0 Å². The summed E-state index contributed by atoms with van der Waals surface area (Å²) in [6, 6.07) is 13.9. The molecule has 162 valence electrons. The smallest absolute Gasteiger partial charge is 0.262 e. The molecule has 1 aliphatic heterocycles. The van der Waals surface area contributed by atoms with E-state index >= 15 is 0 Å². The molecule has 0 aliphatic carbocycles. The van der Waals surface area contributed by atoms with Gasteiger partial charge >= 0.3 is 0 Å². The topological polar surface area (TPSA) is 84.9 Å². The zero-order valence-corrected chi connectivity index (χ0v) is 18.2. The van der Waals surface area contributed by atoms with Crippen molar-refractivity contribution in [1.82, 2.24) is 4.31 Å². The van der Waals surface area contributed by atoms with Crippen molar-refractivity contribution in [3.05, 3.63) is 54.1 Å². The number of rotatable bonds is 8. The van der Waals surface area contributed by atoms with Crippen LogP contribution >= 0.6 is 0 Å². The van der Waals surface area contributed by atoms with Crippen molar-refractivity contribution < 1.29 is 22.7 Å². The van der Waals surface area contributed by atoms with Gasteiger partial charge in [-0.2, -0.15) is 4.31 Å². The van der Waals surface area contributed by atoms with Crippen LogP contribution in [0.2, 0.25) is 0 Å². The van der Waals surface area contributed by atoms with Gasteiger partial charge in [0, 0.05) is 18.8 Å². The highest BCUT2D eigenvalue weighted by Crippen LogP contribution is 2.28. The van der Waals surface area contributed by atoms with Crippen LogP contribution in [0.3, 0.4) is 0 Å². The zero-order valence-electron chi connectivity index (χ0n) is 17.3. The number of hydrogen-bond acceptors (Lipinski definition) is 5. The van der Waals surface area contributed by atoms with Crippen molar-refractivity contribution in [3.8, 4) is 5.75 Å². The highest BCUT2D eigenvalue weighted by atomic mass is 32.2. The van der Waals surface area contributed by atoms with Gasteiger partial charge in [-0.05, 0) is 48.2 Å². The Morgan fingerprint density at radius 3 is 2.47 bits per heavy atom. The van der Waals surface area contributed by atoms with Crippen molar-refractivity contribution in [2.24, 2.45) is 0 Å². The summed E-state index contributed by atoms with van der Waals surface area (Å²) in [7, 11) is -3.55. The largest absolute Gasteiger partial charge is 0.483 e. The number of carbonyl (C=O) groups is 1. The molecule has 0 saturated carbocycles. The standard InChI is InChI=1S/C22H28N2O5S/c1-3-17(2)20-6-4-5-7-21(20)29-16-22(25)23-18-8-10-19(11-9-18)30(26,27)24-12-14-28-15-13-24/h4-11,17H,3,12-16H2,1-2H3,(H,23,25)/t17-/m1/s1. The second-order valence-electron chi connectivity index (χ2n) is 7.22. The lowest BCUT2D eigenvalue weighted by atomic mass is 9.98.